The average Bonchev–Trinajstić information content (AvgIpc) is 2.37. The van der Waals surface area contributed by atoms with Gasteiger partial charge in [0.05, 0.1) is 13.5 Å². The van der Waals surface area contributed by atoms with E-state index >= 15 is 0 Å². The molecule has 0 radical (unpaired) electrons. The monoisotopic (exact) mass is 283 g/mol. The molecule has 110 valence electrons. The van der Waals surface area contributed by atoms with E-state index in [9.17, 15) is 14.0 Å². The van der Waals surface area contributed by atoms with Crippen LogP contribution in [0.3, 0.4) is 0 Å². The summed E-state index contributed by atoms with van der Waals surface area (Å²) >= 11 is 0. The largest absolute Gasteiger partial charge is 0.494 e. The molecular formula is C14H18FNO4. The van der Waals surface area contributed by atoms with Crippen LogP contribution >= 0.6 is 0 Å². The highest BCUT2D eigenvalue weighted by Crippen LogP contribution is 2.18. The number of aliphatic carboxylic acids is 1. The van der Waals surface area contributed by atoms with Gasteiger partial charge < -0.3 is 15.2 Å². The zero-order valence-electron chi connectivity index (χ0n) is 11.6. The van der Waals surface area contributed by atoms with Crippen LogP contribution in [0.25, 0.3) is 0 Å². The molecule has 0 aliphatic rings. The molecule has 0 saturated heterocycles. The molecule has 2 N–H and O–H groups in total. The summed E-state index contributed by atoms with van der Waals surface area (Å²) < 4.78 is 18.3. The van der Waals surface area contributed by atoms with E-state index in [2.05, 4.69) is 5.32 Å². The van der Waals surface area contributed by atoms with Gasteiger partial charge in [-0.1, -0.05) is 13.8 Å². The van der Waals surface area contributed by atoms with Gasteiger partial charge in [0.15, 0.2) is 11.6 Å². The highest BCUT2D eigenvalue weighted by atomic mass is 19.1. The summed E-state index contributed by atoms with van der Waals surface area (Å²) in [5, 5.41) is 11.4. The van der Waals surface area contributed by atoms with Crippen molar-refractivity contribution in [3.05, 3.63) is 29.6 Å². The van der Waals surface area contributed by atoms with Crippen LogP contribution in [0.15, 0.2) is 18.2 Å². The fourth-order valence-electron chi connectivity index (χ4n) is 1.70. The van der Waals surface area contributed by atoms with Crippen LogP contribution in [0.5, 0.6) is 5.75 Å². The molecule has 0 heterocycles. The summed E-state index contributed by atoms with van der Waals surface area (Å²) in [5.41, 5.74) is 0.124. The summed E-state index contributed by atoms with van der Waals surface area (Å²) in [6.45, 7) is 3.62. The van der Waals surface area contributed by atoms with Gasteiger partial charge in [0, 0.05) is 11.6 Å². The second-order valence-electron chi connectivity index (χ2n) is 4.77. The highest BCUT2D eigenvalue weighted by Gasteiger charge is 2.20. The quantitative estimate of drug-likeness (QED) is 0.838. The van der Waals surface area contributed by atoms with Crippen molar-refractivity contribution < 1.29 is 23.8 Å². The van der Waals surface area contributed by atoms with Gasteiger partial charge in [-0.15, -0.1) is 0 Å². The lowest BCUT2D eigenvalue weighted by molar-refractivity contribution is -0.137. The second kappa shape index (κ2) is 6.88. The molecule has 1 aromatic rings. The summed E-state index contributed by atoms with van der Waals surface area (Å²) in [7, 11) is 1.33. The minimum Gasteiger partial charge on any atom is -0.494 e. The first-order valence-electron chi connectivity index (χ1n) is 6.21. The smallest absolute Gasteiger partial charge is 0.305 e. The highest BCUT2D eigenvalue weighted by molar-refractivity contribution is 5.94. The number of hydrogen-bond donors (Lipinski definition) is 2. The summed E-state index contributed by atoms with van der Waals surface area (Å²) in [4.78, 5) is 22.7. The minimum atomic E-state index is -0.995. The van der Waals surface area contributed by atoms with Crippen LogP contribution in [0, 0.1) is 11.7 Å². The standard InChI is InChI=1S/C14H18FNO4/c1-8(2)11(7-13(17)18)16-14(19)9-4-5-12(20-3)10(15)6-9/h4-6,8,11H,7H2,1-3H3,(H,16,19)(H,17,18). The first-order valence-corrected chi connectivity index (χ1v) is 6.21. The van der Waals surface area contributed by atoms with Crippen LogP contribution in [0.1, 0.15) is 30.6 Å². The predicted molar refractivity (Wildman–Crippen MR) is 71.3 cm³/mol. The van der Waals surface area contributed by atoms with E-state index in [1.807, 2.05) is 13.8 Å². The van der Waals surface area contributed by atoms with Gasteiger partial charge in [0.1, 0.15) is 0 Å². The number of methoxy groups -OCH3 is 1. The van der Waals surface area contributed by atoms with Crippen LogP contribution in [-0.2, 0) is 4.79 Å². The van der Waals surface area contributed by atoms with E-state index in [-0.39, 0.29) is 23.7 Å². The number of benzene rings is 1. The fourth-order valence-corrected chi connectivity index (χ4v) is 1.70. The van der Waals surface area contributed by atoms with Crippen molar-refractivity contribution >= 4 is 11.9 Å². The number of ether oxygens (including phenoxy) is 1. The molecule has 20 heavy (non-hydrogen) atoms. The third kappa shape index (κ3) is 4.22. The molecule has 0 aliphatic heterocycles. The Labute approximate surface area is 116 Å². The zero-order valence-corrected chi connectivity index (χ0v) is 11.6. The number of halogens is 1. The number of hydrogen-bond acceptors (Lipinski definition) is 3. The fraction of sp³-hybridized carbons (Fsp3) is 0.429. The number of amides is 1. The molecule has 0 aromatic heterocycles. The van der Waals surface area contributed by atoms with Crippen LogP contribution in [0.4, 0.5) is 4.39 Å². The van der Waals surface area contributed by atoms with Crippen molar-refractivity contribution in [2.75, 3.05) is 7.11 Å². The lowest BCUT2D eigenvalue weighted by atomic mass is 10.0. The molecule has 1 unspecified atom stereocenters. The van der Waals surface area contributed by atoms with E-state index in [1.165, 1.54) is 19.2 Å². The molecule has 0 bridgehead atoms. The molecule has 1 atom stereocenters. The number of carboxylic acids is 1. The van der Waals surface area contributed by atoms with E-state index in [1.54, 1.807) is 0 Å². The molecule has 1 aromatic carbocycles. The third-order valence-electron chi connectivity index (χ3n) is 2.93. The lowest BCUT2D eigenvalue weighted by Gasteiger charge is -2.20. The van der Waals surface area contributed by atoms with Crippen LogP contribution in [-0.4, -0.2) is 30.1 Å². The number of carbonyl (C=O) groups excluding carboxylic acids is 1. The maximum absolute atomic E-state index is 13.5. The first-order chi connectivity index (χ1) is 9.35. The van der Waals surface area contributed by atoms with Crippen molar-refractivity contribution in [3.8, 4) is 5.75 Å². The van der Waals surface area contributed by atoms with E-state index in [4.69, 9.17) is 9.84 Å². The van der Waals surface area contributed by atoms with Crippen molar-refractivity contribution in [3.63, 3.8) is 0 Å². The van der Waals surface area contributed by atoms with Gasteiger partial charge in [-0.05, 0) is 24.1 Å². The Morgan fingerprint density at radius 2 is 2.05 bits per heavy atom. The van der Waals surface area contributed by atoms with Crippen molar-refractivity contribution in [1.29, 1.82) is 0 Å². The zero-order chi connectivity index (χ0) is 15.3. The summed E-state index contributed by atoms with van der Waals surface area (Å²) in [6, 6.07) is 3.33. The number of rotatable bonds is 6. The Morgan fingerprint density at radius 3 is 2.50 bits per heavy atom. The van der Waals surface area contributed by atoms with Crippen LogP contribution in [0.2, 0.25) is 0 Å². The van der Waals surface area contributed by atoms with Gasteiger partial charge in [0.2, 0.25) is 0 Å². The molecule has 0 aliphatic carbocycles. The summed E-state index contributed by atoms with van der Waals surface area (Å²) in [5.74, 6) is -2.14. The average molecular weight is 283 g/mol. The molecule has 0 fully saturated rings. The first kappa shape index (κ1) is 15.9. The Balaban J connectivity index is 2.83. The number of carboxylic acid groups (broad SMARTS) is 1. The van der Waals surface area contributed by atoms with E-state index in [0.29, 0.717) is 0 Å². The molecular weight excluding hydrogens is 265 g/mol. The van der Waals surface area contributed by atoms with Gasteiger partial charge >= 0.3 is 5.97 Å². The third-order valence-corrected chi connectivity index (χ3v) is 2.93. The molecule has 0 spiro atoms. The topological polar surface area (TPSA) is 75.6 Å². The van der Waals surface area contributed by atoms with E-state index < -0.39 is 23.7 Å². The molecule has 5 nitrogen and oxygen atoms in total. The normalized spacial score (nSPS) is 12.1. The Bertz CT molecular complexity index is 502. The Morgan fingerprint density at radius 1 is 1.40 bits per heavy atom. The van der Waals surface area contributed by atoms with E-state index in [0.717, 1.165) is 6.07 Å². The Hall–Kier alpha value is -2.11. The van der Waals surface area contributed by atoms with Crippen molar-refractivity contribution in [2.45, 2.75) is 26.3 Å². The maximum Gasteiger partial charge on any atom is 0.305 e. The Kier molecular flexibility index (Phi) is 5.49. The summed E-state index contributed by atoms with van der Waals surface area (Å²) in [6.07, 6.45) is -0.179. The minimum absolute atomic E-state index is 0.0434. The van der Waals surface area contributed by atoms with Gasteiger partial charge in [-0.3, -0.25) is 9.59 Å². The molecule has 6 heteroatoms. The van der Waals surface area contributed by atoms with Crippen molar-refractivity contribution in [1.82, 2.24) is 5.32 Å². The maximum atomic E-state index is 13.5. The molecule has 1 amide bonds. The number of nitrogens with one attached hydrogen (secondary N) is 1. The van der Waals surface area contributed by atoms with Gasteiger partial charge in [-0.25, -0.2) is 4.39 Å². The number of carbonyl (C=O) groups is 2. The predicted octanol–water partition coefficient (Wildman–Crippen LogP) is 2.06. The second-order valence-corrected chi connectivity index (χ2v) is 4.77. The molecule has 0 saturated carbocycles. The molecule has 1 rings (SSSR count). The SMILES string of the molecule is COc1ccc(C(=O)NC(CC(=O)O)C(C)C)cc1F. The van der Waals surface area contributed by atoms with Gasteiger partial charge in [0.25, 0.3) is 5.91 Å². The van der Waals surface area contributed by atoms with Crippen LogP contribution < -0.4 is 10.1 Å². The lowest BCUT2D eigenvalue weighted by Crippen LogP contribution is -2.40. The van der Waals surface area contributed by atoms with Gasteiger partial charge in [-0.2, -0.15) is 0 Å². The van der Waals surface area contributed by atoms with Crippen molar-refractivity contribution in [2.24, 2.45) is 5.92 Å².